The lowest BCUT2D eigenvalue weighted by Gasteiger charge is -2.40. The molecule has 3 aliphatic rings. The van der Waals surface area contributed by atoms with Crippen LogP contribution in [0.1, 0.15) is 64.5 Å². The fraction of sp³-hybridized carbons (Fsp3) is 0.577. The minimum atomic E-state index is -0.521. The Morgan fingerprint density at radius 3 is 2.71 bits per heavy atom. The molecule has 1 atom stereocenters. The van der Waals surface area contributed by atoms with Crippen molar-refractivity contribution in [1.82, 2.24) is 19.9 Å². The Balaban J connectivity index is 1.44. The molecule has 0 bridgehead atoms. The van der Waals surface area contributed by atoms with Gasteiger partial charge in [0.05, 0.1) is 17.7 Å². The first-order valence-corrected chi connectivity index (χ1v) is 12.5. The number of hydrogen-bond donors (Lipinski definition) is 0. The zero-order chi connectivity index (χ0) is 24.8. The standard InChI is InChI=1S/C26H33N7O2/c1-5-32(24(34)35-25(2,3)4)19-8-12-31(15-19)22-21-23(30-17-29-22)33(16-26(21)9-6-10-26)20-13-18(14-27)7-11-28-20/h7,11,13,17,19H,5-6,8-10,12,15-16H2,1-4H3/t19-/m1/s1. The normalized spacial score (nSPS) is 20.4. The maximum atomic E-state index is 12.8. The summed E-state index contributed by atoms with van der Waals surface area (Å²) in [6.45, 7) is 10.6. The van der Waals surface area contributed by atoms with Gasteiger partial charge in [0, 0.05) is 43.4 Å². The van der Waals surface area contributed by atoms with E-state index in [-0.39, 0.29) is 17.6 Å². The quantitative estimate of drug-likeness (QED) is 0.650. The SMILES string of the molecule is CCN(C(=O)OC(C)(C)C)[C@@H]1CCN(c2ncnc3c2C2(CCC2)CN3c2cc(C#N)ccn2)C1. The molecule has 1 amide bonds. The van der Waals surface area contributed by atoms with Crippen molar-refractivity contribution < 1.29 is 9.53 Å². The Bertz CT molecular complexity index is 1170. The number of anilines is 3. The number of carbonyl (C=O) groups excluding carboxylic acids is 1. The number of nitriles is 1. The summed E-state index contributed by atoms with van der Waals surface area (Å²) in [7, 11) is 0. The molecule has 1 saturated carbocycles. The molecule has 9 nitrogen and oxygen atoms in total. The summed E-state index contributed by atoms with van der Waals surface area (Å²) in [5, 5.41) is 9.37. The van der Waals surface area contributed by atoms with E-state index < -0.39 is 5.60 Å². The highest BCUT2D eigenvalue weighted by molar-refractivity contribution is 5.75. The van der Waals surface area contributed by atoms with Crippen LogP contribution in [0.15, 0.2) is 24.7 Å². The first-order valence-electron chi connectivity index (χ1n) is 12.5. The average Bonchev–Trinajstić information content (AvgIpc) is 3.42. The van der Waals surface area contributed by atoms with Gasteiger partial charge in [0.1, 0.15) is 29.4 Å². The predicted octanol–water partition coefficient (Wildman–Crippen LogP) is 4.15. The van der Waals surface area contributed by atoms with E-state index in [0.29, 0.717) is 12.1 Å². The zero-order valence-electron chi connectivity index (χ0n) is 21.0. The van der Waals surface area contributed by atoms with Crippen molar-refractivity contribution in [2.24, 2.45) is 0 Å². The van der Waals surface area contributed by atoms with E-state index in [4.69, 9.17) is 14.7 Å². The van der Waals surface area contributed by atoms with Gasteiger partial charge in [-0.1, -0.05) is 6.42 Å². The molecular formula is C26H33N7O2. The lowest BCUT2D eigenvalue weighted by atomic mass is 9.66. The molecule has 184 valence electrons. The van der Waals surface area contributed by atoms with Crippen LogP contribution in [-0.4, -0.2) is 63.8 Å². The van der Waals surface area contributed by atoms with Crippen molar-refractivity contribution in [2.45, 2.75) is 70.4 Å². The van der Waals surface area contributed by atoms with Gasteiger partial charge >= 0.3 is 6.09 Å². The molecule has 0 unspecified atom stereocenters. The highest BCUT2D eigenvalue weighted by atomic mass is 16.6. The molecule has 0 radical (unpaired) electrons. The summed E-state index contributed by atoms with van der Waals surface area (Å²) in [5.41, 5.74) is 1.26. The van der Waals surface area contributed by atoms with E-state index in [0.717, 1.165) is 56.4 Å². The van der Waals surface area contributed by atoms with Crippen molar-refractivity contribution in [3.8, 4) is 6.07 Å². The number of ether oxygens (including phenoxy) is 1. The van der Waals surface area contributed by atoms with Crippen LogP contribution in [0.25, 0.3) is 0 Å². The molecule has 2 aliphatic heterocycles. The van der Waals surface area contributed by atoms with Gasteiger partial charge in [-0.15, -0.1) is 0 Å². The number of aromatic nitrogens is 3. The molecule has 2 aromatic heterocycles. The minimum Gasteiger partial charge on any atom is -0.444 e. The molecule has 2 aromatic rings. The fourth-order valence-corrected chi connectivity index (χ4v) is 5.62. The molecule has 9 heteroatoms. The number of carbonyl (C=O) groups is 1. The molecule has 1 saturated heterocycles. The summed E-state index contributed by atoms with van der Waals surface area (Å²) in [5.74, 6) is 2.61. The summed E-state index contributed by atoms with van der Waals surface area (Å²) in [4.78, 5) is 33.2. The molecule has 0 aromatic carbocycles. The van der Waals surface area contributed by atoms with Gasteiger partial charge in [0.2, 0.25) is 0 Å². The fourth-order valence-electron chi connectivity index (χ4n) is 5.62. The summed E-state index contributed by atoms with van der Waals surface area (Å²) in [6, 6.07) is 5.84. The maximum absolute atomic E-state index is 12.8. The Morgan fingerprint density at radius 1 is 1.29 bits per heavy atom. The van der Waals surface area contributed by atoms with Crippen LogP contribution in [0.4, 0.5) is 22.2 Å². The molecule has 35 heavy (non-hydrogen) atoms. The van der Waals surface area contributed by atoms with Gasteiger partial charge in [-0.3, -0.25) is 0 Å². The molecule has 1 spiro atoms. The number of pyridine rings is 1. The Kier molecular flexibility index (Phi) is 5.78. The number of fused-ring (bicyclic) bond motifs is 2. The Labute approximate surface area is 206 Å². The smallest absolute Gasteiger partial charge is 0.410 e. The van der Waals surface area contributed by atoms with Crippen LogP contribution < -0.4 is 9.80 Å². The van der Waals surface area contributed by atoms with Crippen LogP contribution in [-0.2, 0) is 10.2 Å². The molecule has 0 N–H and O–H groups in total. The van der Waals surface area contributed by atoms with Crippen LogP contribution in [0.3, 0.4) is 0 Å². The van der Waals surface area contributed by atoms with Gasteiger partial charge in [-0.05, 0) is 59.1 Å². The number of rotatable bonds is 4. The maximum Gasteiger partial charge on any atom is 0.410 e. The third-order valence-corrected chi connectivity index (χ3v) is 7.39. The van der Waals surface area contributed by atoms with Crippen molar-refractivity contribution in [3.05, 3.63) is 35.8 Å². The second kappa shape index (κ2) is 8.67. The number of amides is 1. The molecular weight excluding hydrogens is 442 g/mol. The Morgan fingerprint density at radius 2 is 2.06 bits per heavy atom. The number of hydrogen-bond acceptors (Lipinski definition) is 8. The highest BCUT2D eigenvalue weighted by Crippen LogP contribution is 2.56. The van der Waals surface area contributed by atoms with Crippen LogP contribution in [0, 0.1) is 11.3 Å². The van der Waals surface area contributed by atoms with Crippen LogP contribution in [0.2, 0.25) is 0 Å². The van der Waals surface area contributed by atoms with Gasteiger partial charge in [-0.2, -0.15) is 5.26 Å². The van der Waals surface area contributed by atoms with E-state index >= 15 is 0 Å². The Hall–Kier alpha value is -3.41. The van der Waals surface area contributed by atoms with Crippen molar-refractivity contribution in [1.29, 1.82) is 5.26 Å². The third kappa shape index (κ3) is 4.15. The first kappa shape index (κ1) is 23.3. The van der Waals surface area contributed by atoms with E-state index in [9.17, 15) is 10.1 Å². The van der Waals surface area contributed by atoms with Crippen molar-refractivity contribution >= 4 is 23.5 Å². The minimum absolute atomic E-state index is 0.00392. The lowest BCUT2D eigenvalue weighted by Crippen LogP contribution is -2.45. The zero-order valence-corrected chi connectivity index (χ0v) is 21.0. The molecule has 5 rings (SSSR count). The summed E-state index contributed by atoms with van der Waals surface area (Å²) in [6.07, 6.45) is 7.28. The van der Waals surface area contributed by atoms with Gasteiger partial charge in [0.15, 0.2) is 0 Å². The third-order valence-electron chi connectivity index (χ3n) is 7.39. The first-order chi connectivity index (χ1) is 16.7. The highest BCUT2D eigenvalue weighted by Gasteiger charge is 2.51. The number of nitrogens with zero attached hydrogens (tertiary/aromatic N) is 7. The molecule has 4 heterocycles. The number of likely N-dealkylation sites (N-methyl/N-ethyl adjacent to an activating group) is 1. The van der Waals surface area contributed by atoms with Crippen LogP contribution in [0.5, 0.6) is 0 Å². The van der Waals surface area contributed by atoms with Crippen molar-refractivity contribution in [2.75, 3.05) is 36.0 Å². The second-order valence-corrected chi connectivity index (χ2v) is 10.8. The molecule has 1 aliphatic carbocycles. The second-order valence-electron chi connectivity index (χ2n) is 10.8. The predicted molar refractivity (Wildman–Crippen MR) is 133 cm³/mol. The summed E-state index contributed by atoms with van der Waals surface area (Å²) >= 11 is 0. The van der Waals surface area contributed by atoms with E-state index in [1.54, 1.807) is 18.6 Å². The average molecular weight is 476 g/mol. The van der Waals surface area contributed by atoms with E-state index in [1.165, 1.54) is 12.0 Å². The van der Waals surface area contributed by atoms with Gasteiger partial charge in [0.25, 0.3) is 0 Å². The monoisotopic (exact) mass is 475 g/mol. The largest absolute Gasteiger partial charge is 0.444 e. The van der Waals surface area contributed by atoms with Gasteiger partial charge < -0.3 is 19.4 Å². The van der Waals surface area contributed by atoms with E-state index in [2.05, 4.69) is 20.9 Å². The topological polar surface area (TPSA) is 98.5 Å². The van der Waals surface area contributed by atoms with Crippen LogP contribution >= 0.6 is 0 Å². The lowest BCUT2D eigenvalue weighted by molar-refractivity contribution is 0.0191. The molecule has 2 fully saturated rings. The van der Waals surface area contributed by atoms with Crippen molar-refractivity contribution in [3.63, 3.8) is 0 Å². The van der Waals surface area contributed by atoms with E-state index in [1.807, 2.05) is 38.7 Å². The van der Waals surface area contributed by atoms with Gasteiger partial charge in [-0.25, -0.2) is 19.7 Å². The summed E-state index contributed by atoms with van der Waals surface area (Å²) < 4.78 is 5.67.